The summed E-state index contributed by atoms with van der Waals surface area (Å²) in [6, 6.07) is 8.78. The van der Waals surface area contributed by atoms with E-state index in [0.717, 1.165) is 11.3 Å². The van der Waals surface area contributed by atoms with Crippen LogP contribution in [0.2, 0.25) is 10.0 Å². The Balaban J connectivity index is 2.27. The van der Waals surface area contributed by atoms with Gasteiger partial charge in [-0.1, -0.05) is 23.2 Å². The highest BCUT2D eigenvalue weighted by Crippen LogP contribution is 2.29. The van der Waals surface area contributed by atoms with Crippen LogP contribution in [0.3, 0.4) is 0 Å². The molecule has 18 heavy (non-hydrogen) atoms. The molecule has 0 aliphatic rings. The lowest BCUT2D eigenvalue weighted by molar-refractivity contribution is 0.461. The van der Waals surface area contributed by atoms with E-state index < -0.39 is 0 Å². The first-order chi connectivity index (χ1) is 8.58. The summed E-state index contributed by atoms with van der Waals surface area (Å²) in [7, 11) is 0. The molecule has 1 aromatic carbocycles. The number of aromatic nitrogens is 1. The van der Waals surface area contributed by atoms with Gasteiger partial charge in [0.15, 0.2) is 0 Å². The van der Waals surface area contributed by atoms with Gasteiger partial charge in [0.1, 0.15) is 5.75 Å². The quantitative estimate of drug-likeness (QED) is 0.927. The fourth-order valence-corrected chi connectivity index (χ4v) is 1.83. The van der Waals surface area contributed by atoms with Gasteiger partial charge in [0.25, 0.3) is 0 Å². The van der Waals surface area contributed by atoms with Gasteiger partial charge in [0.2, 0.25) is 5.88 Å². The fraction of sp³-hybridized carbons (Fsp3) is 0.154. The number of hydrogen-bond donors (Lipinski definition) is 1. The summed E-state index contributed by atoms with van der Waals surface area (Å²) in [4.78, 5) is 4.28. The highest BCUT2D eigenvalue weighted by atomic mass is 35.5. The number of hydrogen-bond acceptors (Lipinski definition) is 3. The van der Waals surface area contributed by atoms with E-state index in [0.29, 0.717) is 28.2 Å². The molecule has 2 rings (SSSR count). The highest BCUT2D eigenvalue weighted by molar-refractivity contribution is 6.42. The van der Waals surface area contributed by atoms with Crippen LogP contribution < -0.4 is 10.5 Å². The lowest BCUT2D eigenvalue weighted by Gasteiger charge is -2.08. The van der Waals surface area contributed by atoms with Crippen molar-refractivity contribution in [2.75, 3.05) is 0 Å². The van der Waals surface area contributed by atoms with Gasteiger partial charge >= 0.3 is 0 Å². The Kier molecular flexibility index (Phi) is 4.07. The van der Waals surface area contributed by atoms with Crippen LogP contribution in [0.5, 0.6) is 11.6 Å². The second-order valence-electron chi connectivity index (χ2n) is 3.84. The Bertz CT molecular complexity index is 573. The van der Waals surface area contributed by atoms with E-state index in [1.807, 2.05) is 13.0 Å². The molecule has 0 saturated heterocycles. The second kappa shape index (κ2) is 5.57. The van der Waals surface area contributed by atoms with Crippen molar-refractivity contribution in [1.82, 2.24) is 4.98 Å². The van der Waals surface area contributed by atoms with Gasteiger partial charge in [-0.05, 0) is 30.7 Å². The highest BCUT2D eigenvalue weighted by Gasteiger charge is 2.04. The van der Waals surface area contributed by atoms with Gasteiger partial charge in [0.05, 0.1) is 10.0 Å². The van der Waals surface area contributed by atoms with Crippen molar-refractivity contribution in [3.05, 3.63) is 51.6 Å². The standard InChI is InChI=1S/C13H12Cl2N2O/c1-8-4-9(7-16)5-13(17-8)18-10-2-3-11(14)12(15)6-10/h2-6H,7,16H2,1H3. The minimum atomic E-state index is 0.445. The van der Waals surface area contributed by atoms with Crippen LogP contribution in [0.15, 0.2) is 30.3 Å². The molecule has 0 aliphatic carbocycles. The molecule has 2 aromatic rings. The van der Waals surface area contributed by atoms with Gasteiger partial charge in [-0.2, -0.15) is 0 Å². The minimum Gasteiger partial charge on any atom is -0.439 e. The molecule has 0 atom stereocenters. The Morgan fingerprint density at radius 2 is 1.94 bits per heavy atom. The Hall–Kier alpha value is -1.29. The summed E-state index contributed by atoms with van der Waals surface area (Å²) in [5, 5.41) is 0.935. The number of pyridine rings is 1. The largest absolute Gasteiger partial charge is 0.439 e. The smallest absolute Gasteiger partial charge is 0.219 e. The molecule has 5 heteroatoms. The van der Waals surface area contributed by atoms with Crippen LogP contribution in [-0.4, -0.2) is 4.98 Å². The zero-order chi connectivity index (χ0) is 13.1. The van der Waals surface area contributed by atoms with Crippen molar-refractivity contribution >= 4 is 23.2 Å². The molecule has 0 bridgehead atoms. The fourth-order valence-electron chi connectivity index (χ4n) is 1.54. The summed E-state index contributed by atoms with van der Waals surface area (Å²) >= 11 is 11.8. The van der Waals surface area contributed by atoms with Crippen LogP contribution >= 0.6 is 23.2 Å². The average molecular weight is 283 g/mol. The van der Waals surface area contributed by atoms with Crippen molar-refractivity contribution in [2.45, 2.75) is 13.5 Å². The maximum absolute atomic E-state index is 5.92. The molecular formula is C13H12Cl2N2O. The lowest BCUT2D eigenvalue weighted by atomic mass is 10.2. The second-order valence-corrected chi connectivity index (χ2v) is 4.65. The molecule has 0 aliphatic heterocycles. The van der Waals surface area contributed by atoms with Crippen LogP contribution in [0.1, 0.15) is 11.3 Å². The Morgan fingerprint density at radius 3 is 2.61 bits per heavy atom. The summed E-state index contributed by atoms with van der Waals surface area (Å²) < 4.78 is 5.63. The van der Waals surface area contributed by atoms with E-state index in [-0.39, 0.29) is 0 Å². The lowest BCUT2D eigenvalue weighted by Crippen LogP contribution is -1.99. The minimum absolute atomic E-state index is 0.445. The molecule has 0 fully saturated rings. The third-order valence-corrected chi connectivity index (χ3v) is 3.08. The number of halogens is 2. The van der Waals surface area contributed by atoms with E-state index in [9.17, 15) is 0 Å². The molecule has 0 unspecified atom stereocenters. The van der Waals surface area contributed by atoms with Gasteiger partial charge in [-0.3, -0.25) is 0 Å². The monoisotopic (exact) mass is 282 g/mol. The molecular weight excluding hydrogens is 271 g/mol. The molecule has 1 heterocycles. The van der Waals surface area contributed by atoms with E-state index in [4.69, 9.17) is 33.7 Å². The molecule has 3 nitrogen and oxygen atoms in total. The van der Waals surface area contributed by atoms with E-state index in [1.165, 1.54) is 0 Å². The van der Waals surface area contributed by atoms with Crippen LogP contribution in [0.25, 0.3) is 0 Å². The van der Waals surface area contributed by atoms with Gasteiger partial charge in [0, 0.05) is 24.4 Å². The molecule has 0 amide bonds. The summed E-state index contributed by atoms with van der Waals surface area (Å²) in [6.07, 6.45) is 0. The molecule has 1 aromatic heterocycles. The van der Waals surface area contributed by atoms with Gasteiger partial charge in [-0.25, -0.2) is 4.98 Å². The predicted octanol–water partition coefficient (Wildman–Crippen LogP) is 3.95. The van der Waals surface area contributed by atoms with Crippen molar-refractivity contribution < 1.29 is 4.74 Å². The topological polar surface area (TPSA) is 48.1 Å². The van der Waals surface area contributed by atoms with E-state index in [1.54, 1.807) is 24.3 Å². The molecule has 0 spiro atoms. The first-order valence-electron chi connectivity index (χ1n) is 5.39. The third kappa shape index (κ3) is 3.13. The van der Waals surface area contributed by atoms with E-state index in [2.05, 4.69) is 4.98 Å². The molecule has 0 radical (unpaired) electrons. The van der Waals surface area contributed by atoms with Crippen molar-refractivity contribution in [3.63, 3.8) is 0 Å². The van der Waals surface area contributed by atoms with E-state index >= 15 is 0 Å². The van der Waals surface area contributed by atoms with Crippen LogP contribution in [0.4, 0.5) is 0 Å². The maximum Gasteiger partial charge on any atom is 0.219 e. The Labute approximate surface area is 115 Å². The van der Waals surface area contributed by atoms with Crippen molar-refractivity contribution in [3.8, 4) is 11.6 Å². The summed E-state index contributed by atoms with van der Waals surface area (Å²) in [5.74, 6) is 1.08. The molecule has 0 saturated carbocycles. The van der Waals surface area contributed by atoms with Gasteiger partial charge < -0.3 is 10.5 Å². The number of nitrogens with two attached hydrogens (primary N) is 1. The number of rotatable bonds is 3. The average Bonchev–Trinajstić information content (AvgIpc) is 2.33. The van der Waals surface area contributed by atoms with Crippen LogP contribution in [-0.2, 0) is 6.54 Å². The van der Waals surface area contributed by atoms with Gasteiger partial charge in [-0.15, -0.1) is 0 Å². The molecule has 94 valence electrons. The molecule has 2 N–H and O–H groups in total. The van der Waals surface area contributed by atoms with Crippen LogP contribution in [0, 0.1) is 6.92 Å². The number of ether oxygens (including phenoxy) is 1. The van der Waals surface area contributed by atoms with Crippen molar-refractivity contribution in [1.29, 1.82) is 0 Å². The zero-order valence-corrected chi connectivity index (χ0v) is 11.3. The zero-order valence-electron chi connectivity index (χ0n) is 9.78. The van der Waals surface area contributed by atoms with Crippen molar-refractivity contribution in [2.24, 2.45) is 5.73 Å². The third-order valence-electron chi connectivity index (χ3n) is 2.34. The SMILES string of the molecule is Cc1cc(CN)cc(Oc2ccc(Cl)c(Cl)c2)n1. The normalized spacial score (nSPS) is 10.4. The first kappa shape index (κ1) is 13.1. The first-order valence-corrected chi connectivity index (χ1v) is 6.14. The summed E-state index contributed by atoms with van der Waals surface area (Å²) in [5.41, 5.74) is 7.43. The maximum atomic E-state index is 5.92. The predicted molar refractivity (Wildman–Crippen MR) is 73.4 cm³/mol. The summed E-state index contributed by atoms with van der Waals surface area (Å²) in [6.45, 7) is 2.34. The number of aryl methyl sites for hydroxylation is 1. The Morgan fingerprint density at radius 1 is 1.17 bits per heavy atom. The number of nitrogens with zero attached hydrogens (tertiary/aromatic N) is 1. The number of benzene rings is 1.